The minimum absolute atomic E-state index is 0. The first-order valence-electron chi connectivity index (χ1n) is 8.22. The van der Waals surface area contributed by atoms with Crippen molar-refractivity contribution in [3.63, 3.8) is 0 Å². The highest BCUT2D eigenvalue weighted by molar-refractivity contribution is 5.85. The number of hydrogen-bond donors (Lipinski definition) is 2. The zero-order valence-corrected chi connectivity index (χ0v) is 15.1. The third-order valence-electron chi connectivity index (χ3n) is 3.92. The van der Waals surface area contributed by atoms with Gasteiger partial charge >= 0.3 is 0 Å². The lowest BCUT2D eigenvalue weighted by atomic mass is 10.2. The highest BCUT2D eigenvalue weighted by Crippen LogP contribution is 2.22. The van der Waals surface area contributed by atoms with Gasteiger partial charge < -0.3 is 10.6 Å². The summed E-state index contributed by atoms with van der Waals surface area (Å²) in [6.45, 7) is 1.42. The fourth-order valence-electron chi connectivity index (χ4n) is 2.75. The Labute approximate surface area is 153 Å². The quantitative estimate of drug-likeness (QED) is 0.638. The molecule has 2 aromatic carbocycles. The number of carbonyl (C=O) groups excluding carboxylic acids is 1. The first kappa shape index (κ1) is 19.0. The van der Waals surface area contributed by atoms with Gasteiger partial charge in [-0.25, -0.2) is 4.98 Å². The second kappa shape index (κ2) is 9.20. The maximum absolute atomic E-state index is 12.0. The standard InChI is InChI=1S/C19H22N4O.ClH/c1-20-13-14-21-19(24)12-11-18-22-16-9-5-6-10-17(16)23(18)15-7-3-2-4-8-15;/h2-10,20H,11-14H2,1H3,(H,21,24);1H. The average Bonchev–Trinajstić information content (AvgIpc) is 2.99. The van der Waals surface area contributed by atoms with Crippen LogP contribution in [-0.4, -0.2) is 35.6 Å². The van der Waals surface area contributed by atoms with Gasteiger partial charge in [-0.3, -0.25) is 9.36 Å². The molecule has 0 aliphatic heterocycles. The largest absolute Gasteiger partial charge is 0.355 e. The Morgan fingerprint density at radius 2 is 1.76 bits per heavy atom. The maximum Gasteiger partial charge on any atom is 0.220 e. The Balaban J connectivity index is 0.00000225. The molecule has 0 aliphatic rings. The molecule has 0 fully saturated rings. The van der Waals surface area contributed by atoms with Crippen LogP contribution >= 0.6 is 12.4 Å². The number of aromatic nitrogens is 2. The number of aryl methyl sites for hydroxylation is 1. The fourth-order valence-corrected chi connectivity index (χ4v) is 2.75. The Hall–Kier alpha value is -2.37. The molecule has 5 nitrogen and oxygen atoms in total. The number of nitrogens with zero attached hydrogens (tertiary/aromatic N) is 2. The van der Waals surface area contributed by atoms with Crippen LogP contribution in [0.15, 0.2) is 54.6 Å². The number of para-hydroxylation sites is 3. The number of hydrogen-bond acceptors (Lipinski definition) is 3. The third kappa shape index (κ3) is 4.59. The van der Waals surface area contributed by atoms with Crippen molar-refractivity contribution in [3.8, 4) is 5.69 Å². The van der Waals surface area contributed by atoms with E-state index < -0.39 is 0 Å². The molecule has 3 aromatic rings. The van der Waals surface area contributed by atoms with Gasteiger partial charge in [0, 0.05) is 31.6 Å². The molecule has 2 N–H and O–H groups in total. The van der Waals surface area contributed by atoms with E-state index in [0.717, 1.165) is 29.1 Å². The Kier molecular flexibility index (Phi) is 6.98. The van der Waals surface area contributed by atoms with Gasteiger partial charge in [-0.1, -0.05) is 30.3 Å². The van der Waals surface area contributed by atoms with Crippen molar-refractivity contribution in [2.24, 2.45) is 0 Å². The Morgan fingerprint density at radius 3 is 2.52 bits per heavy atom. The van der Waals surface area contributed by atoms with E-state index >= 15 is 0 Å². The molecule has 0 atom stereocenters. The van der Waals surface area contributed by atoms with Crippen molar-refractivity contribution < 1.29 is 4.79 Å². The second-order valence-electron chi connectivity index (χ2n) is 5.64. The Bertz CT molecular complexity index is 817. The van der Waals surface area contributed by atoms with Gasteiger partial charge in [0.05, 0.1) is 11.0 Å². The fraction of sp³-hybridized carbons (Fsp3) is 0.263. The molecule has 0 aliphatic carbocycles. The summed E-state index contributed by atoms with van der Waals surface area (Å²) in [5, 5.41) is 5.92. The van der Waals surface area contributed by atoms with Crippen molar-refractivity contribution in [2.75, 3.05) is 20.1 Å². The van der Waals surface area contributed by atoms with E-state index in [0.29, 0.717) is 19.4 Å². The van der Waals surface area contributed by atoms with Crippen LogP contribution in [0.4, 0.5) is 0 Å². The number of halogens is 1. The number of imidazole rings is 1. The van der Waals surface area contributed by atoms with Gasteiger partial charge in [-0.15, -0.1) is 12.4 Å². The number of amides is 1. The van der Waals surface area contributed by atoms with Crippen LogP contribution in [0.3, 0.4) is 0 Å². The number of nitrogens with one attached hydrogen (secondary N) is 2. The normalized spacial score (nSPS) is 10.4. The lowest BCUT2D eigenvalue weighted by Gasteiger charge is -2.09. The SMILES string of the molecule is CNCCNC(=O)CCc1nc2ccccc2n1-c1ccccc1.Cl. The number of likely N-dealkylation sites (N-methyl/N-ethyl adjacent to an activating group) is 1. The average molecular weight is 359 g/mol. The van der Waals surface area contributed by atoms with E-state index in [1.165, 1.54) is 0 Å². The highest BCUT2D eigenvalue weighted by Gasteiger charge is 2.13. The summed E-state index contributed by atoms with van der Waals surface area (Å²) >= 11 is 0. The van der Waals surface area contributed by atoms with Crippen molar-refractivity contribution in [1.29, 1.82) is 0 Å². The second-order valence-corrected chi connectivity index (χ2v) is 5.64. The van der Waals surface area contributed by atoms with Crippen LogP contribution in [0, 0.1) is 0 Å². The van der Waals surface area contributed by atoms with Gasteiger partial charge in [-0.2, -0.15) is 0 Å². The summed E-state index contributed by atoms with van der Waals surface area (Å²) in [4.78, 5) is 16.7. The molecule has 1 amide bonds. The van der Waals surface area contributed by atoms with E-state index in [9.17, 15) is 4.79 Å². The summed E-state index contributed by atoms with van der Waals surface area (Å²) in [5.41, 5.74) is 3.08. The van der Waals surface area contributed by atoms with Crippen molar-refractivity contribution in [1.82, 2.24) is 20.2 Å². The molecule has 3 rings (SSSR count). The molecule has 0 unspecified atom stereocenters. The highest BCUT2D eigenvalue weighted by atomic mass is 35.5. The van der Waals surface area contributed by atoms with E-state index in [4.69, 9.17) is 4.98 Å². The molecule has 25 heavy (non-hydrogen) atoms. The summed E-state index contributed by atoms with van der Waals surface area (Å²) in [5.74, 6) is 0.961. The zero-order chi connectivity index (χ0) is 16.8. The van der Waals surface area contributed by atoms with Crippen LogP contribution < -0.4 is 10.6 Å². The van der Waals surface area contributed by atoms with E-state index in [1.54, 1.807) is 0 Å². The smallest absolute Gasteiger partial charge is 0.220 e. The van der Waals surface area contributed by atoms with Gasteiger partial charge in [0.15, 0.2) is 0 Å². The number of carbonyl (C=O) groups is 1. The minimum Gasteiger partial charge on any atom is -0.355 e. The summed E-state index contributed by atoms with van der Waals surface area (Å²) in [6.07, 6.45) is 1.04. The maximum atomic E-state index is 12.0. The molecule has 0 saturated carbocycles. The number of benzene rings is 2. The topological polar surface area (TPSA) is 58.9 Å². The zero-order valence-electron chi connectivity index (χ0n) is 14.2. The molecule has 0 saturated heterocycles. The summed E-state index contributed by atoms with van der Waals surface area (Å²) in [6, 6.07) is 18.2. The monoisotopic (exact) mass is 358 g/mol. The van der Waals surface area contributed by atoms with Gasteiger partial charge in [0.1, 0.15) is 5.82 Å². The van der Waals surface area contributed by atoms with Crippen molar-refractivity contribution >= 4 is 29.3 Å². The molecule has 132 valence electrons. The van der Waals surface area contributed by atoms with Gasteiger partial charge in [0.25, 0.3) is 0 Å². The van der Waals surface area contributed by atoms with E-state index in [-0.39, 0.29) is 18.3 Å². The first-order valence-corrected chi connectivity index (χ1v) is 8.22. The van der Waals surface area contributed by atoms with Crippen LogP contribution in [0.5, 0.6) is 0 Å². The predicted octanol–water partition coefficient (Wildman–Crippen LogP) is 2.72. The van der Waals surface area contributed by atoms with Crippen LogP contribution in [0.1, 0.15) is 12.2 Å². The van der Waals surface area contributed by atoms with Gasteiger partial charge in [0.2, 0.25) is 5.91 Å². The predicted molar refractivity (Wildman–Crippen MR) is 104 cm³/mol. The van der Waals surface area contributed by atoms with E-state index in [1.807, 2.05) is 43.4 Å². The Morgan fingerprint density at radius 1 is 1.04 bits per heavy atom. The molecule has 0 spiro atoms. The van der Waals surface area contributed by atoms with Crippen LogP contribution in [-0.2, 0) is 11.2 Å². The van der Waals surface area contributed by atoms with Crippen molar-refractivity contribution in [2.45, 2.75) is 12.8 Å². The first-order chi connectivity index (χ1) is 11.8. The summed E-state index contributed by atoms with van der Waals surface area (Å²) in [7, 11) is 1.87. The lowest BCUT2D eigenvalue weighted by Crippen LogP contribution is -2.30. The molecule has 1 heterocycles. The molecule has 0 bridgehead atoms. The van der Waals surface area contributed by atoms with Crippen LogP contribution in [0.25, 0.3) is 16.7 Å². The number of fused-ring (bicyclic) bond motifs is 1. The molecule has 6 heteroatoms. The molecular formula is C19H23ClN4O. The van der Waals surface area contributed by atoms with E-state index in [2.05, 4.69) is 33.4 Å². The third-order valence-corrected chi connectivity index (χ3v) is 3.92. The molecule has 1 aromatic heterocycles. The lowest BCUT2D eigenvalue weighted by molar-refractivity contribution is -0.121. The molecular weight excluding hydrogens is 336 g/mol. The molecule has 0 radical (unpaired) electrons. The van der Waals surface area contributed by atoms with Gasteiger partial charge in [-0.05, 0) is 31.3 Å². The minimum atomic E-state index is 0. The van der Waals surface area contributed by atoms with Crippen LogP contribution in [0.2, 0.25) is 0 Å². The number of rotatable bonds is 7. The summed E-state index contributed by atoms with van der Waals surface area (Å²) < 4.78 is 2.14. The van der Waals surface area contributed by atoms with Crippen molar-refractivity contribution in [3.05, 3.63) is 60.4 Å².